The minimum absolute atomic E-state index is 0.321. The molecular weight excluding hydrogens is 178 g/mol. The fourth-order valence-electron chi connectivity index (χ4n) is 0.930. The van der Waals surface area contributed by atoms with E-state index in [2.05, 4.69) is 9.36 Å². The Labute approximate surface area is 70.5 Å². The van der Waals surface area contributed by atoms with E-state index in [4.69, 9.17) is 0 Å². The molecule has 0 atom stereocenters. The van der Waals surface area contributed by atoms with E-state index in [1.165, 1.54) is 7.05 Å². The minimum Gasteiger partial charge on any atom is -0.304 e. The van der Waals surface area contributed by atoms with Gasteiger partial charge in [-0.1, -0.05) is 0 Å². The third-order valence-corrected chi connectivity index (χ3v) is 2.25. The second-order valence-corrected chi connectivity index (χ2v) is 3.00. The van der Waals surface area contributed by atoms with Crippen LogP contribution in [-0.2, 0) is 7.05 Å². The Bertz CT molecular complexity index is 535. The Morgan fingerprint density at radius 1 is 1.58 bits per heavy atom. The lowest BCUT2D eigenvalue weighted by molar-refractivity contribution is 0.792. The first-order chi connectivity index (χ1) is 5.70. The van der Waals surface area contributed by atoms with Gasteiger partial charge in [0.1, 0.15) is 0 Å². The van der Waals surface area contributed by atoms with Gasteiger partial charge in [0.15, 0.2) is 5.52 Å². The van der Waals surface area contributed by atoms with Gasteiger partial charge in [-0.05, 0) is 11.5 Å². The Hall–Kier alpha value is -1.43. The highest BCUT2D eigenvalue weighted by molar-refractivity contribution is 7.04. The third kappa shape index (κ3) is 0.814. The van der Waals surface area contributed by atoms with E-state index in [1.807, 2.05) is 0 Å². The van der Waals surface area contributed by atoms with E-state index >= 15 is 0 Å². The van der Waals surface area contributed by atoms with Crippen LogP contribution in [0.5, 0.6) is 0 Å². The van der Waals surface area contributed by atoms with Crippen LogP contribution in [0.1, 0.15) is 0 Å². The number of hydrogen-bond donors (Lipinski definition) is 1. The summed E-state index contributed by atoms with van der Waals surface area (Å²) in [6.07, 6.45) is 0. The van der Waals surface area contributed by atoms with Crippen LogP contribution in [0, 0.1) is 0 Å². The molecule has 0 aromatic carbocycles. The molecule has 0 amide bonds. The second kappa shape index (κ2) is 2.28. The molecule has 2 rings (SSSR count). The standard InChI is InChI=1S/C6H5N3O2S/c1-9-5(10)4-3(2-12-8-4)7-6(9)11/h2H,1H3,(H,7,11). The lowest BCUT2D eigenvalue weighted by Gasteiger charge is -1.92. The van der Waals surface area contributed by atoms with Gasteiger partial charge < -0.3 is 4.98 Å². The summed E-state index contributed by atoms with van der Waals surface area (Å²) >= 11 is 1.15. The van der Waals surface area contributed by atoms with Crippen LogP contribution in [0.15, 0.2) is 15.0 Å². The van der Waals surface area contributed by atoms with Gasteiger partial charge in [-0.2, -0.15) is 4.37 Å². The number of hydrogen-bond acceptors (Lipinski definition) is 4. The van der Waals surface area contributed by atoms with Crippen LogP contribution >= 0.6 is 11.5 Å². The van der Waals surface area contributed by atoms with Crippen molar-refractivity contribution in [2.45, 2.75) is 0 Å². The Morgan fingerprint density at radius 3 is 3.08 bits per heavy atom. The molecule has 0 saturated carbocycles. The summed E-state index contributed by atoms with van der Waals surface area (Å²) in [4.78, 5) is 24.9. The molecule has 0 aliphatic heterocycles. The van der Waals surface area contributed by atoms with Gasteiger partial charge in [-0.3, -0.25) is 9.36 Å². The van der Waals surface area contributed by atoms with Gasteiger partial charge >= 0.3 is 5.69 Å². The summed E-state index contributed by atoms with van der Waals surface area (Å²) in [5, 5.41) is 1.64. The first-order valence-corrected chi connectivity index (χ1v) is 4.07. The molecule has 0 unspecified atom stereocenters. The van der Waals surface area contributed by atoms with Crippen LogP contribution in [-0.4, -0.2) is 13.9 Å². The van der Waals surface area contributed by atoms with Gasteiger partial charge in [-0.25, -0.2) is 4.79 Å². The molecule has 0 aliphatic rings. The largest absolute Gasteiger partial charge is 0.328 e. The zero-order valence-corrected chi connectivity index (χ0v) is 7.01. The molecule has 0 aliphatic carbocycles. The van der Waals surface area contributed by atoms with E-state index in [-0.39, 0.29) is 5.56 Å². The SMILES string of the molecule is Cn1c(=O)[nH]c2csnc2c1=O. The minimum atomic E-state index is -0.410. The van der Waals surface area contributed by atoms with E-state index in [9.17, 15) is 9.59 Å². The lowest BCUT2D eigenvalue weighted by atomic mass is 10.5. The van der Waals surface area contributed by atoms with Crippen LogP contribution in [0.25, 0.3) is 11.0 Å². The van der Waals surface area contributed by atoms with Gasteiger partial charge in [0.2, 0.25) is 0 Å². The van der Waals surface area contributed by atoms with E-state index in [0.717, 1.165) is 16.1 Å². The van der Waals surface area contributed by atoms with Crippen molar-refractivity contribution in [1.29, 1.82) is 0 Å². The van der Waals surface area contributed by atoms with Crippen LogP contribution in [0.4, 0.5) is 0 Å². The fraction of sp³-hybridized carbons (Fsp3) is 0.167. The molecular formula is C6H5N3O2S. The molecule has 2 heterocycles. The summed E-state index contributed by atoms with van der Waals surface area (Å²) in [5.41, 5.74) is 0.0675. The van der Waals surface area contributed by atoms with Crippen molar-refractivity contribution in [2.75, 3.05) is 0 Å². The smallest absolute Gasteiger partial charge is 0.304 e. The number of aromatic nitrogens is 3. The Morgan fingerprint density at radius 2 is 2.33 bits per heavy atom. The third-order valence-electron chi connectivity index (χ3n) is 1.62. The monoisotopic (exact) mass is 183 g/mol. The number of aromatic amines is 1. The van der Waals surface area contributed by atoms with Crippen molar-refractivity contribution in [3.05, 3.63) is 26.2 Å². The zero-order chi connectivity index (χ0) is 8.72. The summed E-state index contributed by atoms with van der Waals surface area (Å²) in [7, 11) is 1.42. The molecule has 0 bridgehead atoms. The Kier molecular flexibility index (Phi) is 1.37. The second-order valence-electron chi connectivity index (χ2n) is 2.37. The molecule has 0 fully saturated rings. The van der Waals surface area contributed by atoms with Crippen molar-refractivity contribution >= 4 is 22.6 Å². The first-order valence-electron chi connectivity index (χ1n) is 3.23. The number of nitrogens with zero attached hydrogens (tertiary/aromatic N) is 2. The maximum atomic E-state index is 11.3. The van der Waals surface area contributed by atoms with E-state index in [1.54, 1.807) is 5.38 Å². The average molecular weight is 183 g/mol. The topological polar surface area (TPSA) is 67.8 Å². The van der Waals surface area contributed by atoms with Crippen LogP contribution < -0.4 is 11.2 Å². The lowest BCUT2D eigenvalue weighted by Crippen LogP contribution is -2.32. The predicted octanol–water partition coefficient (Wildman–Crippen LogP) is -0.317. The summed E-state index contributed by atoms with van der Waals surface area (Å²) in [5.74, 6) is 0. The Balaban J connectivity index is 3.16. The van der Waals surface area contributed by atoms with E-state index < -0.39 is 5.69 Å². The molecule has 0 spiro atoms. The highest BCUT2D eigenvalue weighted by Crippen LogP contribution is 2.04. The summed E-state index contributed by atoms with van der Waals surface area (Å²) in [6, 6.07) is 0. The summed E-state index contributed by atoms with van der Waals surface area (Å²) in [6.45, 7) is 0. The van der Waals surface area contributed by atoms with E-state index in [0.29, 0.717) is 11.0 Å². The van der Waals surface area contributed by atoms with Gasteiger partial charge in [0.25, 0.3) is 5.56 Å². The molecule has 0 radical (unpaired) electrons. The number of fused-ring (bicyclic) bond motifs is 1. The zero-order valence-electron chi connectivity index (χ0n) is 6.20. The molecule has 6 heteroatoms. The molecule has 5 nitrogen and oxygen atoms in total. The molecule has 1 N–H and O–H groups in total. The van der Waals surface area contributed by atoms with Crippen molar-refractivity contribution in [1.82, 2.24) is 13.9 Å². The highest BCUT2D eigenvalue weighted by Gasteiger charge is 2.05. The maximum absolute atomic E-state index is 11.3. The van der Waals surface area contributed by atoms with Crippen LogP contribution in [0.2, 0.25) is 0 Å². The quantitative estimate of drug-likeness (QED) is 0.608. The van der Waals surface area contributed by atoms with Crippen molar-refractivity contribution in [3.8, 4) is 0 Å². The first kappa shape index (κ1) is 7.23. The number of nitrogens with one attached hydrogen (secondary N) is 1. The molecule has 62 valence electrons. The molecule has 2 aromatic rings. The highest BCUT2D eigenvalue weighted by atomic mass is 32.1. The van der Waals surface area contributed by atoms with Crippen molar-refractivity contribution in [3.63, 3.8) is 0 Å². The van der Waals surface area contributed by atoms with Gasteiger partial charge in [-0.15, -0.1) is 0 Å². The van der Waals surface area contributed by atoms with Gasteiger partial charge in [0.05, 0.1) is 5.52 Å². The molecule has 12 heavy (non-hydrogen) atoms. The molecule has 2 aromatic heterocycles. The van der Waals surface area contributed by atoms with Gasteiger partial charge in [0, 0.05) is 12.4 Å². The number of H-pyrrole nitrogens is 1. The van der Waals surface area contributed by atoms with Crippen molar-refractivity contribution < 1.29 is 0 Å². The molecule has 0 saturated heterocycles. The predicted molar refractivity (Wildman–Crippen MR) is 45.5 cm³/mol. The number of rotatable bonds is 0. The maximum Gasteiger partial charge on any atom is 0.328 e. The fourth-order valence-corrected chi connectivity index (χ4v) is 1.54. The van der Waals surface area contributed by atoms with Crippen molar-refractivity contribution in [2.24, 2.45) is 7.05 Å². The van der Waals surface area contributed by atoms with Crippen LogP contribution in [0.3, 0.4) is 0 Å². The summed E-state index contributed by atoms with van der Waals surface area (Å²) < 4.78 is 4.86. The normalized spacial score (nSPS) is 10.8. The average Bonchev–Trinajstić information content (AvgIpc) is 2.48.